The molecule has 1 N–H and O–H groups in total. The molecule has 2 rings (SSSR count). The molecule has 0 spiro atoms. The summed E-state index contributed by atoms with van der Waals surface area (Å²) in [6.45, 7) is 2.94. The van der Waals surface area contributed by atoms with E-state index in [1.165, 1.54) is 13.2 Å². The molecular formula is C18H24F3N5O. The Hall–Kier alpha value is -2.71. The van der Waals surface area contributed by atoms with Crippen LogP contribution >= 0.6 is 0 Å². The van der Waals surface area contributed by atoms with E-state index in [0.29, 0.717) is 19.0 Å². The number of aryl methyl sites for hydroxylation is 1. The molecule has 0 aliphatic rings. The van der Waals surface area contributed by atoms with Gasteiger partial charge >= 0.3 is 6.18 Å². The number of nitrogens with one attached hydrogen (secondary N) is 1. The van der Waals surface area contributed by atoms with E-state index in [1.807, 2.05) is 43.1 Å². The molecule has 6 nitrogen and oxygen atoms in total. The lowest BCUT2D eigenvalue weighted by Crippen LogP contribution is -2.38. The lowest BCUT2D eigenvalue weighted by Gasteiger charge is -2.22. The number of methoxy groups -OCH3 is 1. The van der Waals surface area contributed by atoms with Crippen molar-refractivity contribution in [1.82, 2.24) is 20.0 Å². The molecule has 0 fully saturated rings. The first-order valence-corrected chi connectivity index (χ1v) is 8.46. The van der Waals surface area contributed by atoms with Gasteiger partial charge in [0, 0.05) is 38.9 Å². The van der Waals surface area contributed by atoms with Gasteiger partial charge in [-0.05, 0) is 24.6 Å². The Balaban J connectivity index is 2.15. The predicted octanol–water partition coefficient (Wildman–Crippen LogP) is 3.05. The maximum absolute atomic E-state index is 13.1. The summed E-state index contributed by atoms with van der Waals surface area (Å²) in [5.41, 5.74) is 0.168. The summed E-state index contributed by atoms with van der Waals surface area (Å²) in [5, 5.41) is 6.61. The van der Waals surface area contributed by atoms with Crippen LogP contribution in [-0.2, 0) is 26.3 Å². The molecule has 27 heavy (non-hydrogen) atoms. The standard InChI is InChI=1S/C18H24F3N5O/c1-5-22-17(25(2)11-13-6-8-15(27-4)9-7-13)23-10-14-12-26(3)24-16(14)18(19,20)21/h6-9,12H,5,10-11H2,1-4H3,(H,22,23). The van der Waals surface area contributed by atoms with Gasteiger partial charge in [-0.25, -0.2) is 4.99 Å². The number of benzene rings is 1. The highest BCUT2D eigenvalue weighted by atomic mass is 19.4. The average molecular weight is 383 g/mol. The second kappa shape index (κ2) is 8.79. The highest BCUT2D eigenvalue weighted by Crippen LogP contribution is 2.30. The summed E-state index contributed by atoms with van der Waals surface area (Å²) in [4.78, 5) is 6.21. The monoisotopic (exact) mass is 383 g/mol. The van der Waals surface area contributed by atoms with E-state index < -0.39 is 11.9 Å². The van der Waals surface area contributed by atoms with Crippen molar-refractivity contribution in [3.63, 3.8) is 0 Å². The van der Waals surface area contributed by atoms with Gasteiger partial charge in [-0.1, -0.05) is 12.1 Å². The molecule has 1 aromatic heterocycles. The highest BCUT2D eigenvalue weighted by molar-refractivity contribution is 5.79. The van der Waals surface area contributed by atoms with E-state index in [9.17, 15) is 13.2 Å². The Morgan fingerprint density at radius 3 is 2.52 bits per heavy atom. The van der Waals surface area contributed by atoms with Crippen molar-refractivity contribution in [3.05, 3.63) is 47.3 Å². The number of rotatable bonds is 6. The van der Waals surface area contributed by atoms with Crippen molar-refractivity contribution in [2.45, 2.75) is 26.2 Å². The molecule has 1 aromatic carbocycles. The molecule has 9 heteroatoms. The number of nitrogens with zero attached hydrogens (tertiary/aromatic N) is 4. The first-order valence-electron chi connectivity index (χ1n) is 8.46. The SMILES string of the molecule is CCNC(=NCc1cn(C)nc1C(F)(F)F)N(C)Cc1ccc(OC)cc1. The molecule has 0 aliphatic carbocycles. The van der Waals surface area contributed by atoms with Gasteiger partial charge in [-0.2, -0.15) is 18.3 Å². The van der Waals surface area contributed by atoms with Crippen molar-refractivity contribution in [2.24, 2.45) is 12.0 Å². The minimum absolute atomic E-state index is 0.0400. The molecule has 0 atom stereocenters. The number of halogens is 3. The normalized spacial score (nSPS) is 12.2. The minimum Gasteiger partial charge on any atom is -0.497 e. The van der Waals surface area contributed by atoms with Crippen molar-refractivity contribution < 1.29 is 17.9 Å². The van der Waals surface area contributed by atoms with Crippen LogP contribution in [0, 0.1) is 0 Å². The first kappa shape index (κ1) is 20.6. The van der Waals surface area contributed by atoms with Gasteiger partial charge < -0.3 is 15.0 Å². The molecule has 0 saturated carbocycles. The van der Waals surface area contributed by atoms with Crippen molar-refractivity contribution in [1.29, 1.82) is 0 Å². The Morgan fingerprint density at radius 2 is 1.96 bits per heavy atom. The van der Waals surface area contributed by atoms with Gasteiger partial charge in [0.1, 0.15) is 5.75 Å². The molecule has 0 amide bonds. The van der Waals surface area contributed by atoms with Crippen molar-refractivity contribution in [3.8, 4) is 5.75 Å². The topological polar surface area (TPSA) is 54.7 Å². The molecule has 2 aromatic rings. The third-order valence-electron chi connectivity index (χ3n) is 3.85. The number of hydrogen-bond acceptors (Lipinski definition) is 3. The summed E-state index contributed by atoms with van der Waals surface area (Å²) in [7, 11) is 4.90. The zero-order valence-electron chi connectivity index (χ0n) is 15.8. The minimum atomic E-state index is -4.50. The molecule has 0 radical (unpaired) electrons. The lowest BCUT2D eigenvalue weighted by atomic mass is 10.2. The quantitative estimate of drug-likeness (QED) is 0.615. The predicted molar refractivity (Wildman–Crippen MR) is 97.5 cm³/mol. The van der Waals surface area contributed by atoms with Gasteiger partial charge in [0.25, 0.3) is 0 Å². The third-order valence-corrected chi connectivity index (χ3v) is 3.85. The number of hydrogen-bond donors (Lipinski definition) is 1. The van der Waals surface area contributed by atoms with Crippen molar-refractivity contribution >= 4 is 5.96 Å². The van der Waals surface area contributed by atoms with Crippen LogP contribution in [-0.4, -0.2) is 41.3 Å². The second-order valence-electron chi connectivity index (χ2n) is 6.05. The van der Waals surface area contributed by atoms with Crippen LogP contribution in [0.15, 0.2) is 35.5 Å². The lowest BCUT2D eigenvalue weighted by molar-refractivity contribution is -0.142. The summed E-state index contributed by atoms with van der Waals surface area (Å²) < 4.78 is 45.5. The third kappa shape index (κ3) is 5.63. The number of ether oxygens (including phenoxy) is 1. The summed E-state index contributed by atoms with van der Waals surface area (Å²) in [6, 6.07) is 7.58. The molecule has 0 aliphatic heterocycles. The largest absolute Gasteiger partial charge is 0.497 e. The number of alkyl halides is 3. The summed E-state index contributed by atoms with van der Waals surface area (Å²) >= 11 is 0. The fraction of sp³-hybridized carbons (Fsp3) is 0.444. The van der Waals surface area contributed by atoms with Crippen LogP contribution in [0.4, 0.5) is 13.2 Å². The molecule has 148 valence electrons. The summed E-state index contributed by atoms with van der Waals surface area (Å²) in [6.07, 6.45) is -3.15. The molecular weight excluding hydrogens is 359 g/mol. The Labute approximate surface area is 156 Å². The zero-order valence-corrected chi connectivity index (χ0v) is 15.8. The average Bonchev–Trinajstić information content (AvgIpc) is 3.00. The fourth-order valence-corrected chi connectivity index (χ4v) is 2.60. The van der Waals surface area contributed by atoms with Crippen LogP contribution in [0.5, 0.6) is 5.75 Å². The Kier molecular flexibility index (Phi) is 6.70. The molecule has 0 saturated heterocycles. The van der Waals surface area contributed by atoms with E-state index in [0.717, 1.165) is 16.0 Å². The van der Waals surface area contributed by atoms with Gasteiger partial charge in [-0.3, -0.25) is 4.68 Å². The first-order chi connectivity index (χ1) is 12.7. The van der Waals surface area contributed by atoms with Crippen LogP contribution in [0.3, 0.4) is 0 Å². The maximum atomic E-state index is 13.1. The van der Waals surface area contributed by atoms with Crippen LogP contribution in [0.25, 0.3) is 0 Å². The molecule has 0 bridgehead atoms. The van der Waals surface area contributed by atoms with Crippen LogP contribution in [0.1, 0.15) is 23.7 Å². The van der Waals surface area contributed by atoms with Crippen LogP contribution in [0.2, 0.25) is 0 Å². The number of aliphatic imine (C=N–C) groups is 1. The Bertz CT molecular complexity index is 768. The van der Waals surface area contributed by atoms with Crippen molar-refractivity contribution in [2.75, 3.05) is 20.7 Å². The number of aromatic nitrogens is 2. The highest BCUT2D eigenvalue weighted by Gasteiger charge is 2.36. The fourth-order valence-electron chi connectivity index (χ4n) is 2.60. The molecule has 1 heterocycles. The van der Waals surface area contributed by atoms with E-state index in [2.05, 4.69) is 15.4 Å². The van der Waals surface area contributed by atoms with Gasteiger partial charge in [0.05, 0.1) is 13.7 Å². The van der Waals surface area contributed by atoms with E-state index in [4.69, 9.17) is 4.74 Å². The van der Waals surface area contributed by atoms with E-state index in [1.54, 1.807) is 7.11 Å². The smallest absolute Gasteiger partial charge is 0.435 e. The van der Waals surface area contributed by atoms with Gasteiger partial charge in [0.15, 0.2) is 11.7 Å². The zero-order chi connectivity index (χ0) is 20.0. The van der Waals surface area contributed by atoms with Crippen LogP contribution < -0.4 is 10.1 Å². The molecule has 0 unspecified atom stereocenters. The van der Waals surface area contributed by atoms with Gasteiger partial charge in [0.2, 0.25) is 0 Å². The second-order valence-corrected chi connectivity index (χ2v) is 6.05. The summed E-state index contributed by atoms with van der Waals surface area (Å²) in [5.74, 6) is 1.28. The Morgan fingerprint density at radius 1 is 1.30 bits per heavy atom. The van der Waals surface area contributed by atoms with E-state index in [-0.39, 0.29) is 12.1 Å². The number of guanidine groups is 1. The van der Waals surface area contributed by atoms with Gasteiger partial charge in [-0.15, -0.1) is 0 Å². The van der Waals surface area contributed by atoms with E-state index >= 15 is 0 Å². The maximum Gasteiger partial charge on any atom is 0.435 e.